The highest BCUT2D eigenvalue weighted by Gasteiger charge is 2.27. The van der Waals surface area contributed by atoms with Crippen molar-refractivity contribution >= 4 is 23.2 Å². The summed E-state index contributed by atoms with van der Waals surface area (Å²) in [6.07, 6.45) is 15.2. The number of carbonyl (C=O) groups is 1. The first-order chi connectivity index (χ1) is 36.0. The lowest BCUT2D eigenvalue weighted by atomic mass is 9.89. The first-order valence-electron chi connectivity index (χ1n) is 27.1. The molecule has 1 aromatic carbocycles. The number of aromatic nitrogens is 4. The molecular formula is C54H85N5O14. The molecule has 3 fully saturated rings. The van der Waals surface area contributed by atoms with Gasteiger partial charge >= 0.3 is 11.7 Å². The van der Waals surface area contributed by atoms with Crippen molar-refractivity contribution in [3.8, 4) is 11.4 Å². The third kappa shape index (κ3) is 21.4. The molecule has 1 aliphatic heterocycles. The van der Waals surface area contributed by atoms with Gasteiger partial charge in [0.2, 0.25) is 0 Å². The predicted octanol–water partition coefficient (Wildman–Crippen LogP) is 5.25. The molecule has 0 bridgehead atoms. The van der Waals surface area contributed by atoms with E-state index in [1.165, 1.54) is 18.9 Å². The van der Waals surface area contributed by atoms with Gasteiger partial charge in [0.15, 0.2) is 11.2 Å². The fourth-order valence-corrected chi connectivity index (χ4v) is 9.53. The quantitative estimate of drug-likeness (QED) is 0.0412. The molecular weight excluding hydrogens is 943 g/mol. The van der Waals surface area contributed by atoms with Gasteiger partial charge in [-0.15, -0.1) is 0 Å². The Balaban J connectivity index is 0.884. The molecule has 410 valence electrons. The number of hydrogen-bond donors (Lipinski definition) is 0. The van der Waals surface area contributed by atoms with Crippen LogP contribution in [0.5, 0.6) is 0 Å². The predicted molar refractivity (Wildman–Crippen MR) is 277 cm³/mol. The zero-order valence-electron chi connectivity index (χ0n) is 43.7. The third-order valence-electron chi connectivity index (χ3n) is 13.5. The van der Waals surface area contributed by atoms with Crippen LogP contribution < -0.4 is 11.2 Å². The minimum atomic E-state index is -0.473. The lowest BCUT2D eigenvalue weighted by Crippen LogP contribution is -2.43. The van der Waals surface area contributed by atoms with Gasteiger partial charge in [-0.3, -0.25) is 18.8 Å². The summed E-state index contributed by atoms with van der Waals surface area (Å²) in [7, 11) is 1.64. The zero-order chi connectivity index (χ0) is 51.0. The van der Waals surface area contributed by atoms with Crippen LogP contribution >= 0.6 is 0 Å². The summed E-state index contributed by atoms with van der Waals surface area (Å²) in [4.78, 5) is 49.3. The number of rotatable bonds is 38. The van der Waals surface area contributed by atoms with Crippen molar-refractivity contribution in [2.75, 3.05) is 159 Å². The highest BCUT2D eigenvalue weighted by Crippen LogP contribution is 2.29. The van der Waals surface area contributed by atoms with E-state index in [-0.39, 0.29) is 24.5 Å². The molecule has 2 aliphatic carbocycles. The van der Waals surface area contributed by atoms with Gasteiger partial charge < -0.3 is 56.7 Å². The van der Waals surface area contributed by atoms with Crippen molar-refractivity contribution < 1.29 is 56.9 Å². The number of nitrogens with zero attached hydrogens (tertiary/aromatic N) is 5. The first kappa shape index (κ1) is 58.4. The number of hydrogen-bond acceptors (Lipinski definition) is 16. The molecule has 6 rings (SSSR count). The summed E-state index contributed by atoms with van der Waals surface area (Å²) in [5.74, 6) is 0.893. The van der Waals surface area contributed by atoms with Crippen LogP contribution in [0.4, 0.5) is 0 Å². The average Bonchev–Trinajstić information content (AvgIpc) is 3.80. The zero-order valence-corrected chi connectivity index (χ0v) is 43.7. The molecule has 19 heteroatoms. The van der Waals surface area contributed by atoms with Gasteiger partial charge in [0.25, 0.3) is 5.56 Å². The van der Waals surface area contributed by atoms with Crippen LogP contribution in [-0.4, -0.2) is 188 Å². The van der Waals surface area contributed by atoms with Crippen LogP contribution in [0.25, 0.3) is 28.6 Å². The molecule has 0 spiro atoms. The fraction of sp³-hybridized carbons (Fsp3) is 0.741. The Morgan fingerprint density at radius 3 is 1.55 bits per heavy atom. The van der Waals surface area contributed by atoms with E-state index in [4.69, 9.17) is 57.1 Å². The standard InChI is InChI=1S/C54H85N5O14/c1-63-25-26-65-27-28-66-29-30-67-31-32-68-33-34-69-35-36-70-37-38-71-39-40-72-41-42-73-49(60)18-15-45-13-16-48(17-14-45)51-55-52-50(57(51)20-8-19-56-21-23-64-24-22-56)53(61)59(44-47-11-6-3-7-12-47)54(62)58(52)43-46-9-4-2-5-10-46/h13-18,46-47H,2-12,19-44H2,1H3. The van der Waals surface area contributed by atoms with Crippen LogP contribution in [0.15, 0.2) is 39.9 Å². The largest absolute Gasteiger partial charge is 0.460 e. The van der Waals surface area contributed by atoms with E-state index >= 15 is 0 Å². The van der Waals surface area contributed by atoms with E-state index < -0.39 is 5.97 Å². The summed E-state index contributed by atoms with van der Waals surface area (Å²) in [6.45, 7) is 13.8. The van der Waals surface area contributed by atoms with Gasteiger partial charge in [-0.1, -0.05) is 62.8 Å². The van der Waals surface area contributed by atoms with Gasteiger partial charge in [-0.2, -0.15) is 0 Å². The maximum absolute atomic E-state index is 14.7. The van der Waals surface area contributed by atoms with Crippen LogP contribution in [0.3, 0.4) is 0 Å². The van der Waals surface area contributed by atoms with Gasteiger partial charge in [-0.25, -0.2) is 14.6 Å². The Morgan fingerprint density at radius 2 is 1.05 bits per heavy atom. The number of fused-ring (bicyclic) bond motifs is 1. The van der Waals surface area contributed by atoms with Crippen molar-refractivity contribution in [2.24, 2.45) is 11.8 Å². The number of imidazole rings is 1. The monoisotopic (exact) mass is 1030 g/mol. The molecule has 19 nitrogen and oxygen atoms in total. The number of carbonyl (C=O) groups excluding carboxylic acids is 1. The second kappa shape index (κ2) is 35.4. The summed E-state index contributed by atoms with van der Waals surface area (Å²) < 4.78 is 65.2. The molecule has 3 aromatic rings. The lowest BCUT2D eigenvalue weighted by Gasteiger charge is -2.26. The van der Waals surface area contributed by atoms with Gasteiger partial charge in [-0.05, 0) is 55.6 Å². The average molecular weight is 1030 g/mol. The van der Waals surface area contributed by atoms with Gasteiger partial charge in [0, 0.05) is 58.0 Å². The Morgan fingerprint density at radius 1 is 0.589 bits per heavy atom. The van der Waals surface area contributed by atoms with Crippen molar-refractivity contribution in [1.82, 2.24) is 23.6 Å². The first-order valence-corrected chi connectivity index (χ1v) is 27.1. The maximum Gasteiger partial charge on any atom is 0.332 e. The normalized spacial score (nSPS) is 16.3. The minimum Gasteiger partial charge on any atom is -0.460 e. The number of aryl methyl sites for hydroxylation is 1. The van der Waals surface area contributed by atoms with Crippen molar-refractivity contribution in [3.63, 3.8) is 0 Å². The summed E-state index contributed by atoms with van der Waals surface area (Å²) in [6, 6.07) is 7.79. The lowest BCUT2D eigenvalue weighted by molar-refractivity contribution is -0.139. The Kier molecular flexibility index (Phi) is 28.3. The molecule has 2 aromatic heterocycles. The molecule has 3 heterocycles. The van der Waals surface area contributed by atoms with Gasteiger partial charge in [0.05, 0.1) is 126 Å². The summed E-state index contributed by atoms with van der Waals surface area (Å²) in [5.41, 5.74) is 2.18. The summed E-state index contributed by atoms with van der Waals surface area (Å²) in [5, 5.41) is 0. The number of methoxy groups -OCH3 is 1. The fourth-order valence-electron chi connectivity index (χ4n) is 9.53. The molecule has 0 N–H and O–H groups in total. The second-order valence-corrected chi connectivity index (χ2v) is 18.9. The molecule has 3 aliphatic rings. The van der Waals surface area contributed by atoms with Crippen LogP contribution in [0, 0.1) is 11.8 Å². The topological polar surface area (TPSA) is 184 Å². The SMILES string of the molecule is COCCOCCOCCOCCOCCOCCOCCOCCOCCOC(=O)C=Cc1ccc(-c2nc3c(c(=O)n(CC4CCCCC4)c(=O)n3CC3CCCCC3)n2CCCN2CCOCC2)cc1. The number of ether oxygens (including phenoxy) is 11. The van der Waals surface area contributed by atoms with E-state index in [1.54, 1.807) is 17.8 Å². The summed E-state index contributed by atoms with van der Waals surface area (Å²) >= 11 is 0. The van der Waals surface area contributed by atoms with Gasteiger partial charge in [0.1, 0.15) is 12.4 Å². The highest BCUT2D eigenvalue weighted by molar-refractivity contribution is 5.87. The van der Waals surface area contributed by atoms with Crippen molar-refractivity contribution in [3.05, 3.63) is 56.7 Å². The molecule has 2 saturated carbocycles. The van der Waals surface area contributed by atoms with E-state index in [0.717, 1.165) is 102 Å². The maximum atomic E-state index is 14.7. The Bertz CT molecular complexity index is 2110. The highest BCUT2D eigenvalue weighted by atomic mass is 16.6. The van der Waals surface area contributed by atoms with Crippen LogP contribution in [0.1, 0.15) is 76.2 Å². The van der Waals surface area contributed by atoms with Crippen LogP contribution in [-0.2, 0) is 76.5 Å². The Hall–Kier alpha value is -3.86. The Labute approximate surface area is 431 Å². The van der Waals surface area contributed by atoms with E-state index in [0.29, 0.717) is 154 Å². The molecule has 0 atom stereocenters. The molecule has 1 saturated heterocycles. The van der Waals surface area contributed by atoms with Crippen molar-refractivity contribution in [2.45, 2.75) is 90.3 Å². The molecule has 0 unspecified atom stereocenters. The van der Waals surface area contributed by atoms with Crippen molar-refractivity contribution in [1.29, 1.82) is 0 Å². The van der Waals surface area contributed by atoms with E-state index in [9.17, 15) is 14.4 Å². The third-order valence-corrected chi connectivity index (χ3v) is 13.5. The molecule has 73 heavy (non-hydrogen) atoms. The number of morpholine rings is 1. The van der Waals surface area contributed by atoms with E-state index in [1.807, 2.05) is 28.8 Å². The molecule has 0 amide bonds. The van der Waals surface area contributed by atoms with E-state index in [2.05, 4.69) is 9.47 Å². The molecule has 0 radical (unpaired) electrons. The van der Waals surface area contributed by atoms with Crippen LogP contribution in [0.2, 0.25) is 0 Å². The minimum absolute atomic E-state index is 0.114. The second-order valence-electron chi connectivity index (χ2n) is 18.9. The smallest absolute Gasteiger partial charge is 0.332 e. The number of esters is 1. The number of benzene rings is 1.